The molecule has 2 rings (SSSR count). The van der Waals surface area contributed by atoms with Crippen molar-refractivity contribution >= 4 is 11.6 Å². The summed E-state index contributed by atoms with van der Waals surface area (Å²) in [6.45, 7) is 5.10. The molecular formula is C13H22N4O2. The van der Waals surface area contributed by atoms with Crippen LogP contribution in [0.4, 0.5) is 11.6 Å². The maximum Gasteiger partial charge on any atom is 0.131 e. The molecule has 0 amide bonds. The van der Waals surface area contributed by atoms with Gasteiger partial charge < -0.3 is 20.1 Å². The topological polar surface area (TPSA) is 68.3 Å². The van der Waals surface area contributed by atoms with E-state index in [0.29, 0.717) is 13.2 Å². The quantitative estimate of drug-likeness (QED) is 0.780. The van der Waals surface area contributed by atoms with E-state index >= 15 is 0 Å². The third kappa shape index (κ3) is 3.78. The fourth-order valence-corrected chi connectivity index (χ4v) is 2.02. The van der Waals surface area contributed by atoms with Gasteiger partial charge in [-0.2, -0.15) is 0 Å². The van der Waals surface area contributed by atoms with E-state index < -0.39 is 0 Å². The van der Waals surface area contributed by atoms with Gasteiger partial charge >= 0.3 is 0 Å². The summed E-state index contributed by atoms with van der Waals surface area (Å²) in [6, 6.07) is 1.91. The van der Waals surface area contributed by atoms with Crippen LogP contribution in [0.1, 0.15) is 19.8 Å². The molecule has 1 aromatic rings. The number of ether oxygens (including phenoxy) is 2. The number of aromatic nitrogens is 2. The van der Waals surface area contributed by atoms with E-state index in [0.717, 1.165) is 37.6 Å². The number of hydrogen-bond acceptors (Lipinski definition) is 6. The number of methoxy groups -OCH3 is 1. The van der Waals surface area contributed by atoms with Crippen molar-refractivity contribution < 1.29 is 9.47 Å². The maximum atomic E-state index is 5.57. The smallest absolute Gasteiger partial charge is 0.131 e. The van der Waals surface area contributed by atoms with E-state index in [1.807, 2.05) is 6.07 Å². The minimum atomic E-state index is -0.234. The van der Waals surface area contributed by atoms with Crippen LogP contribution in [0, 0.1) is 0 Å². The Morgan fingerprint density at radius 3 is 2.79 bits per heavy atom. The first-order valence-electron chi connectivity index (χ1n) is 6.71. The summed E-state index contributed by atoms with van der Waals surface area (Å²) >= 11 is 0. The van der Waals surface area contributed by atoms with Gasteiger partial charge in [0.05, 0.1) is 6.61 Å². The standard InChI is InChI=1S/C13H22N4O2/c1-3-5-14-11-7-12(17-10-16-11)15-8-13(18-2)4-6-19-9-13/h7,10H,3-6,8-9H2,1-2H3,(H2,14,15,16,17). The first-order chi connectivity index (χ1) is 9.28. The molecule has 1 saturated heterocycles. The van der Waals surface area contributed by atoms with Crippen LogP contribution < -0.4 is 10.6 Å². The number of nitrogens with zero attached hydrogens (tertiary/aromatic N) is 2. The van der Waals surface area contributed by atoms with E-state index in [1.54, 1.807) is 13.4 Å². The molecule has 2 heterocycles. The van der Waals surface area contributed by atoms with Crippen molar-refractivity contribution in [3.63, 3.8) is 0 Å². The predicted molar refractivity (Wildman–Crippen MR) is 74.5 cm³/mol. The van der Waals surface area contributed by atoms with Gasteiger partial charge in [0.2, 0.25) is 0 Å². The normalized spacial score (nSPS) is 22.4. The lowest BCUT2D eigenvalue weighted by molar-refractivity contribution is -0.00625. The third-order valence-electron chi connectivity index (χ3n) is 3.32. The summed E-state index contributed by atoms with van der Waals surface area (Å²) in [5.74, 6) is 1.64. The Hall–Kier alpha value is -1.40. The zero-order valence-electron chi connectivity index (χ0n) is 11.6. The highest BCUT2D eigenvalue weighted by atomic mass is 16.5. The van der Waals surface area contributed by atoms with Gasteiger partial charge in [0.15, 0.2) is 0 Å². The molecule has 0 spiro atoms. The van der Waals surface area contributed by atoms with E-state index in [-0.39, 0.29) is 5.60 Å². The molecule has 1 aliphatic rings. The number of hydrogen-bond donors (Lipinski definition) is 2. The molecule has 1 aliphatic heterocycles. The molecule has 106 valence electrons. The maximum absolute atomic E-state index is 5.57. The Labute approximate surface area is 113 Å². The summed E-state index contributed by atoms with van der Waals surface area (Å²) in [5, 5.41) is 6.54. The van der Waals surface area contributed by atoms with Gasteiger partial charge in [0, 0.05) is 39.3 Å². The van der Waals surface area contributed by atoms with Crippen LogP contribution in [-0.2, 0) is 9.47 Å². The number of anilines is 2. The SMILES string of the molecule is CCCNc1cc(NCC2(OC)CCOC2)ncn1. The van der Waals surface area contributed by atoms with Crippen molar-refractivity contribution in [1.29, 1.82) is 0 Å². The molecule has 1 aromatic heterocycles. The molecule has 0 aliphatic carbocycles. The van der Waals surface area contributed by atoms with Crippen molar-refractivity contribution in [3.05, 3.63) is 12.4 Å². The predicted octanol–water partition coefficient (Wildman–Crippen LogP) is 1.52. The summed E-state index contributed by atoms with van der Waals surface area (Å²) in [7, 11) is 1.73. The van der Waals surface area contributed by atoms with Crippen LogP contribution in [0.15, 0.2) is 12.4 Å². The second kappa shape index (κ2) is 6.68. The van der Waals surface area contributed by atoms with Gasteiger partial charge in [0.25, 0.3) is 0 Å². The van der Waals surface area contributed by atoms with E-state index in [9.17, 15) is 0 Å². The van der Waals surface area contributed by atoms with E-state index in [1.165, 1.54) is 0 Å². The Kier molecular flexibility index (Phi) is 4.93. The summed E-state index contributed by atoms with van der Waals surface area (Å²) in [6.07, 6.45) is 3.53. The Morgan fingerprint density at radius 2 is 2.16 bits per heavy atom. The van der Waals surface area contributed by atoms with Gasteiger partial charge in [0.1, 0.15) is 23.6 Å². The molecular weight excluding hydrogens is 244 g/mol. The lowest BCUT2D eigenvalue weighted by atomic mass is 10.0. The largest absolute Gasteiger partial charge is 0.378 e. The van der Waals surface area contributed by atoms with Crippen molar-refractivity contribution in [3.8, 4) is 0 Å². The zero-order valence-corrected chi connectivity index (χ0v) is 11.6. The minimum absolute atomic E-state index is 0.234. The minimum Gasteiger partial charge on any atom is -0.378 e. The van der Waals surface area contributed by atoms with Gasteiger partial charge in [-0.3, -0.25) is 0 Å². The van der Waals surface area contributed by atoms with Crippen molar-refractivity contribution in [2.24, 2.45) is 0 Å². The molecule has 6 heteroatoms. The zero-order chi connectivity index (χ0) is 13.6. The molecule has 0 saturated carbocycles. The van der Waals surface area contributed by atoms with Crippen molar-refractivity contribution in [2.75, 3.05) is 44.0 Å². The third-order valence-corrected chi connectivity index (χ3v) is 3.32. The van der Waals surface area contributed by atoms with Gasteiger partial charge in [-0.1, -0.05) is 6.92 Å². The van der Waals surface area contributed by atoms with Gasteiger partial charge in [-0.05, 0) is 6.42 Å². The molecule has 0 bridgehead atoms. The second-order valence-electron chi connectivity index (χ2n) is 4.76. The van der Waals surface area contributed by atoms with Crippen LogP contribution in [-0.4, -0.2) is 49.0 Å². The van der Waals surface area contributed by atoms with Crippen molar-refractivity contribution in [1.82, 2.24) is 9.97 Å². The van der Waals surface area contributed by atoms with Gasteiger partial charge in [-0.25, -0.2) is 9.97 Å². The lowest BCUT2D eigenvalue weighted by Crippen LogP contribution is -2.39. The Bertz CT molecular complexity index is 394. The lowest BCUT2D eigenvalue weighted by Gasteiger charge is -2.26. The fourth-order valence-electron chi connectivity index (χ4n) is 2.02. The first-order valence-corrected chi connectivity index (χ1v) is 6.71. The summed E-state index contributed by atoms with van der Waals surface area (Å²) in [5.41, 5.74) is -0.234. The molecule has 0 radical (unpaired) electrons. The molecule has 6 nitrogen and oxygen atoms in total. The van der Waals surface area contributed by atoms with Crippen LogP contribution in [0.5, 0.6) is 0 Å². The average Bonchev–Trinajstić information content (AvgIpc) is 2.93. The molecule has 19 heavy (non-hydrogen) atoms. The van der Waals surface area contributed by atoms with Crippen LogP contribution in [0.25, 0.3) is 0 Å². The van der Waals surface area contributed by atoms with Crippen molar-refractivity contribution in [2.45, 2.75) is 25.4 Å². The molecule has 1 unspecified atom stereocenters. The monoisotopic (exact) mass is 266 g/mol. The van der Waals surface area contributed by atoms with Crippen LogP contribution in [0.2, 0.25) is 0 Å². The van der Waals surface area contributed by atoms with E-state index in [2.05, 4.69) is 27.5 Å². The molecule has 1 atom stereocenters. The molecule has 1 fully saturated rings. The summed E-state index contributed by atoms with van der Waals surface area (Å²) < 4.78 is 11.0. The number of nitrogens with one attached hydrogen (secondary N) is 2. The van der Waals surface area contributed by atoms with E-state index in [4.69, 9.17) is 9.47 Å². The van der Waals surface area contributed by atoms with Gasteiger partial charge in [-0.15, -0.1) is 0 Å². The highest BCUT2D eigenvalue weighted by Gasteiger charge is 2.34. The number of rotatable bonds is 7. The second-order valence-corrected chi connectivity index (χ2v) is 4.76. The molecule has 2 N–H and O–H groups in total. The van der Waals surface area contributed by atoms with Crippen LogP contribution in [0.3, 0.4) is 0 Å². The molecule has 0 aromatic carbocycles. The Morgan fingerprint density at radius 1 is 1.37 bits per heavy atom. The fraction of sp³-hybridized carbons (Fsp3) is 0.692. The Balaban J connectivity index is 1.91. The highest BCUT2D eigenvalue weighted by Crippen LogP contribution is 2.23. The first kappa shape index (κ1) is 14.0. The highest BCUT2D eigenvalue weighted by molar-refractivity contribution is 5.46. The van der Waals surface area contributed by atoms with Crippen LogP contribution >= 0.6 is 0 Å². The average molecular weight is 266 g/mol. The summed E-state index contributed by atoms with van der Waals surface area (Å²) in [4.78, 5) is 8.39.